The Morgan fingerprint density at radius 2 is 2.22 bits per heavy atom. The fourth-order valence-corrected chi connectivity index (χ4v) is 4.16. The summed E-state index contributed by atoms with van der Waals surface area (Å²) in [4.78, 5) is 17.4. The molecule has 2 N–H and O–H groups in total. The van der Waals surface area contributed by atoms with Gasteiger partial charge in [0.2, 0.25) is 11.1 Å². The Morgan fingerprint density at radius 3 is 3.00 bits per heavy atom. The van der Waals surface area contributed by atoms with Crippen LogP contribution in [0.3, 0.4) is 0 Å². The third kappa shape index (κ3) is 3.18. The van der Waals surface area contributed by atoms with Gasteiger partial charge >= 0.3 is 0 Å². The second-order valence-corrected chi connectivity index (χ2v) is 7.68. The average Bonchev–Trinajstić information content (AvgIpc) is 3.05. The molecule has 0 saturated heterocycles. The van der Waals surface area contributed by atoms with Gasteiger partial charge in [-0.2, -0.15) is 4.98 Å². The van der Waals surface area contributed by atoms with E-state index in [0.717, 1.165) is 35.4 Å². The number of allylic oxidation sites excluding steroid dienone is 2. The van der Waals surface area contributed by atoms with Gasteiger partial charge in [-0.3, -0.25) is 4.79 Å². The molecule has 142 valence electrons. The Kier molecular flexibility index (Phi) is 4.82. The summed E-state index contributed by atoms with van der Waals surface area (Å²) in [7, 11) is 0. The van der Waals surface area contributed by atoms with Crippen LogP contribution in [0.15, 0.2) is 34.6 Å². The smallest absolute Gasteiger partial charge is 0.227 e. The molecule has 1 aliphatic carbocycles. The molecule has 1 aromatic carbocycles. The van der Waals surface area contributed by atoms with Crippen LogP contribution in [0.5, 0.6) is 11.5 Å². The number of Topliss-reactive ketones (excluding diaryl/α,β-unsaturated/α-hetero) is 1. The Labute approximate surface area is 161 Å². The number of phenols is 1. The normalized spacial score (nSPS) is 18.7. The zero-order valence-electron chi connectivity index (χ0n) is 15.4. The molecule has 8 heteroatoms. The number of rotatable bonds is 5. The molecule has 2 aliphatic rings. The minimum atomic E-state index is -0.373. The lowest BCUT2D eigenvalue weighted by molar-refractivity contribution is -0.116. The number of nitrogens with zero attached hydrogens (tertiary/aromatic N) is 3. The number of carbonyl (C=O) groups is 1. The van der Waals surface area contributed by atoms with Gasteiger partial charge in [0, 0.05) is 17.7 Å². The second-order valence-electron chi connectivity index (χ2n) is 6.45. The molecule has 4 rings (SSSR count). The number of aromatic hydroxyl groups is 1. The first-order valence-electron chi connectivity index (χ1n) is 9.20. The summed E-state index contributed by atoms with van der Waals surface area (Å²) in [5.41, 5.74) is 2.51. The van der Waals surface area contributed by atoms with Gasteiger partial charge in [0.15, 0.2) is 17.3 Å². The van der Waals surface area contributed by atoms with E-state index in [4.69, 9.17) is 4.74 Å². The predicted molar refractivity (Wildman–Crippen MR) is 103 cm³/mol. The van der Waals surface area contributed by atoms with Crippen LogP contribution in [-0.4, -0.2) is 38.0 Å². The topological polar surface area (TPSA) is 89.3 Å². The number of carbonyl (C=O) groups excluding carboxylic acids is 1. The van der Waals surface area contributed by atoms with Gasteiger partial charge in [-0.1, -0.05) is 24.8 Å². The van der Waals surface area contributed by atoms with Crippen molar-refractivity contribution >= 4 is 23.5 Å². The Hall–Kier alpha value is -2.48. The van der Waals surface area contributed by atoms with Crippen molar-refractivity contribution in [1.29, 1.82) is 0 Å². The van der Waals surface area contributed by atoms with Crippen LogP contribution in [0.25, 0.3) is 0 Å². The van der Waals surface area contributed by atoms with E-state index in [1.165, 1.54) is 0 Å². The van der Waals surface area contributed by atoms with Gasteiger partial charge in [-0.05, 0) is 43.2 Å². The van der Waals surface area contributed by atoms with Gasteiger partial charge in [0.1, 0.15) is 6.04 Å². The van der Waals surface area contributed by atoms with Crippen LogP contribution >= 0.6 is 11.8 Å². The molecule has 0 spiro atoms. The molecule has 0 radical (unpaired) electrons. The SMILES string of the molecule is CCOc1cc([C@H]2C3=C(CCCC3=O)Nc3nc(SCC)nn32)ccc1O. The molecular formula is C19H22N4O3S. The summed E-state index contributed by atoms with van der Waals surface area (Å²) < 4.78 is 7.33. The van der Waals surface area contributed by atoms with E-state index in [-0.39, 0.29) is 17.6 Å². The number of hydrogen-bond acceptors (Lipinski definition) is 7. The van der Waals surface area contributed by atoms with Crippen molar-refractivity contribution in [3.8, 4) is 11.5 Å². The van der Waals surface area contributed by atoms with Gasteiger partial charge in [0.05, 0.1) is 6.61 Å². The van der Waals surface area contributed by atoms with E-state index in [1.807, 2.05) is 13.0 Å². The summed E-state index contributed by atoms with van der Waals surface area (Å²) in [5, 5.41) is 18.7. The highest BCUT2D eigenvalue weighted by molar-refractivity contribution is 7.99. The summed E-state index contributed by atoms with van der Waals surface area (Å²) in [6.45, 7) is 4.37. The van der Waals surface area contributed by atoms with E-state index < -0.39 is 0 Å². The second kappa shape index (κ2) is 7.26. The average molecular weight is 386 g/mol. The first kappa shape index (κ1) is 17.9. The fourth-order valence-electron chi connectivity index (χ4n) is 3.61. The van der Waals surface area contributed by atoms with Gasteiger partial charge in [0.25, 0.3) is 0 Å². The van der Waals surface area contributed by atoms with Crippen LogP contribution in [0, 0.1) is 0 Å². The van der Waals surface area contributed by atoms with Crippen molar-refractivity contribution < 1.29 is 14.6 Å². The number of hydrogen-bond donors (Lipinski definition) is 2. The van der Waals surface area contributed by atoms with Crippen molar-refractivity contribution in [2.75, 3.05) is 17.7 Å². The van der Waals surface area contributed by atoms with E-state index in [2.05, 4.69) is 22.3 Å². The summed E-state index contributed by atoms with van der Waals surface area (Å²) in [5.74, 6) is 2.14. The molecule has 0 fully saturated rings. The number of ether oxygens (including phenoxy) is 1. The number of ketones is 1. The largest absolute Gasteiger partial charge is 0.504 e. The quantitative estimate of drug-likeness (QED) is 0.760. The lowest BCUT2D eigenvalue weighted by atomic mass is 9.85. The lowest BCUT2D eigenvalue weighted by Crippen LogP contribution is -2.31. The Morgan fingerprint density at radius 1 is 1.37 bits per heavy atom. The van der Waals surface area contributed by atoms with E-state index >= 15 is 0 Å². The molecule has 0 unspecified atom stereocenters. The molecular weight excluding hydrogens is 364 g/mol. The number of aromatic nitrogens is 3. The Balaban J connectivity index is 1.86. The van der Waals surface area contributed by atoms with Gasteiger partial charge < -0.3 is 15.2 Å². The highest BCUT2D eigenvalue weighted by Crippen LogP contribution is 2.42. The maximum atomic E-state index is 12.8. The molecule has 2 heterocycles. The van der Waals surface area contributed by atoms with Crippen LogP contribution in [0.4, 0.5) is 5.95 Å². The van der Waals surface area contributed by atoms with Crippen molar-refractivity contribution in [2.24, 2.45) is 0 Å². The number of anilines is 1. The van der Waals surface area contributed by atoms with Crippen LogP contribution in [0.1, 0.15) is 44.7 Å². The maximum Gasteiger partial charge on any atom is 0.227 e. The van der Waals surface area contributed by atoms with Crippen LogP contribution in [-0.2, 0) is 4.79 Å². The molecule has 1 atom stereocenters. The first-order chi connectivity index (χ1) is 13.1. The number of thioether (sulfide) groups is 1. The zero-order valence-corrected chi connectivity index (χ0v) is 16.2. The zero-order chi connectivity index (χ0) is 19.0. The molecule has 1 aromatic heterocycles. The van der Waals surface area contributed by atoms with Crippen molar-refractivity contribution in [3.05, 3.63) is 35.0 Å². The van der Waals surface area contributed by atoms with Crippen LogP contribution in [0.2, 0.25) is 0 Å². The molecule has 7 nitrogen and oxygen atoms in total. The predicted octanol–water partition coefficient (Wildman–Crippen LogP) is 3.52. The van der Waals surface area contributed by atoms with Gasteiger partial charge in [-0.25, -0.2) is 4.68 Å². The van der Waals surface area contributed by atoms with E-state index in [9.17, 15) is 9.90 Å². The summed E-state index contributed by atoms with van der Waals surface area (Å²) >= 11 is 1.56. The van der Waals surface area contributed by atoms with Crippen molar-refractivity contribution in [3.63, 3.8) is 0 Å². The number of benzene rings is 1. The fraction of sp³-hybridized carbons (Fsp3) is 0.421. The molecule has 2 aromatic rings. The number of nitrogens with one attached hydrogen (secondary N) is 1. The van der Waals surface area contributed by atoms with E-state index in [0.29, 0.717) is 29.9 Å². The molecule has 0 saturated carbocycles. The summed E-state index contributed by atoms with van der Waals surface area (Å²) in [6, 6.07) is 4.84. The molecule has 0 amide bonds. The standard InChI is InChI=1S/C19H22N4O3S/c1-3-26-15-10-11(8-9-13(15)24)17-16-12(6-5-7-14(16)25)20-18-21-19(27-4-2)22-23(17)18/h8-10,17,24H,3-7H2,1-2H3,(H,20,21,22)/t17-/m0/s1. The minimum absolute atomic E-state index is 0.0831. The monoisotopic (exact) mass is 386 g/mol. The number of phenolic OH excluding ortho intramolecular Hbond substituents is 1. The highest BCUT2D eigenvalue weighted by Gasteiger charge is 2.37. The third-order valence-electron chi connectivity index (χ3n) is 4.72. The molecule has 27 heavy (non-hydrogen) atoms. The van der Waals surface area contributed by atoms with Crippen molar-refractivity contribution in [1.82, 2.24) is 14.8 Å². The minimum Gasteiger partial charge on any atom is -0.504 e. The van der Waals surface area contributed by atoms with Crippen LogP contribution < -0.4 is 10.1 Å². The molecule has 0 bridgehead atoms. The maximum absolute atomic E-state index is 12.8. The molecule has 1 aliphatic heterocycles. The Bertz CT molecular complexity index is 922. The highest BCUT2D eigenvalue weighted by atomic mass is 32.2. The van der Waals surface area contributed by atoms with Crippen molar-refractivity contribution in [2.45, 2.75) is 44.3 Å². The number of fused-ring (bicyclic) bond motifs is 1. The first-order valence-corrected chi connectivity index (χ1v) is 10.2. The lowest BCUT2D eigenvalue weighted by Gasteiger charge is -2.32. The third-order valence-corrected chi connectivity index (χ3v) is 5.44. The van der Waals surface area contributed by atoms with E-state index in [1.54, 1.807) is 28.6 Å². The summed E-state index contributed by atoms with van der Waals surface area (Å²) in [6.07, 6.45) is 2.19. The van der Waals surface area contributed by atoms with Gasteiger partial charge in [-0.15, -0.1) is 5.10 Å².